The standard InChI is InChI=1S/C13H21N2O4/c1-11(15(2,7-9-16)8-10-17)12-5-3-4-6-13(12)14(18)19/h3-6,11,16-17H,7-10H2,1-2H3/q+1/t11-/m0/s1. The van der Waals surface area contributed by atoms with Gasteiger partial charge in [0.2, 0.25) is 0 Å². The lowest BCUT2D eigenvalue weighted by Gasteiger charge is -2.39. The van der Waals surface area contributed by atoms with Crippen molar-refractivity contribution in [1.82, 2.24) is 0 Å². The number of benzene rings is 1. The Hall–Kier alpha value is -1.50. The Morgan fingerprint density at radius 2 is 1.79 bits per heavy atom. The van der Waals surface area contributed by atoms with Crippen LogP contribution in [-0.4, -0.2) is 53.0 Å². The Balaban J connectivity index is 3.16. The Kier molecular flexibility index (Phi) is 5.41. The predicted octanol–water partition coefficient (Wildman–Crippen LogP) is 1.09. The molecule has 0 spiro atoms. The van der Waals surface area contributed by atoms with Gasteiger partial charge in [-0.3, -0.25) is 10.1 Å². The summed E-state index contributed by atoms with van der Waals surface area (Å²) in [4.78, 5) is 10.7. The number of hydrogen-bond acceptors (Lipinski definition) is 4. The van der Waals surface area contributed by atoms with Crippen LogP contribution in [0, 0.1) is 10.1 Å². The molecule has 0 fully saturated rings. The molecule has 0 saturated heterocycles. The molecule has 19 heavy (non-hydrogen) atoms. The molecule has 1 rings (SSSR count). The fraction of sp³-hybridized carbons (Fsp3) is 0.538. The first-order valence-corrected chi connectivity index (χ1v) is 6.25. The molecule has 0 amide bonds. The van der Waals surface area contributed by atoms with Gasteiger partial charge in [-0.2, -0.15) is 0 Å². The molecular weight excluding hydrogens is 248 g/mol. The molecule has 106 valence electrons. The highest BCUT2D eigenvalue weighted by Crippen LogP contribution is 2.32. The number of aliphatic hydroxyl groups is 2. The summed E-state index contributed by atoms with van der Waals surface area (Å²) in [5.41, 5.74) is 0.701. The maximum absolute atomic E-state index is 11.1. The van der Waals surface area contributed by atoms with E-state index in [0.717, 1.165) is 0 Å². The lowest BCUT2D eigenvalue weighted by Crippen LogP contribution is -2.49. The largest absolute Gasteiger partial charge is 0.391 e. The number of nitrogens with zero attached hydrogens (tertiary/aromatic N) is 2. The van der Waals surface area contributed by atoms with Crippen LogP contribution in [-0.2, 0) is 0 Å². The second kappa shape index (κ2) is 6.60. The molecule has 0 unspecified atom stereocenters. The zero-order valence-corrected chi connectivity index (χ0v) is 11.3. The van der Waals surface area contributed by atoms with Gasteiger partial charge < -0.3 is 14.7 Å². The van der Waals surface area contributed by atoms with Crippen molar-refractivity contribution in [3.63, 3.8) is 0 Å². The first-order chi connectivity index (χ1) is 8.96. The average Bonchev–Trinajstić information content (AvgIpc) is 2.38. The van der Waals surface area contributed by atoms with Crippen molar-refractivity contribution in [1.29, 1.82) is 0 Å². The molecule has 0 bridgehead atoms. The molecule has 0 aliphatic heterocycles. The first kappa shape index (κ1) is 15.6. The highest BCUT2D eigenvalue weighted by molar-refractivity contribution is 5.41. The van der Waals surface area contributed by atoms with E-state index in [4.69, 9.17) is 0 Å². The molecule has 0 radical (unpaired) electrons. The van der Waals surface area contributed by atoms with Crippen LogP contribution in [0.3, 0.4) is 0 Å². The van der Waals surface area contributed by atoms with Crippen LogP contribution in [0.25, 0.3) is 0 Å². The Morgan fingerprint density at radius 3 is 2.26 bits per heavy atom. The average molecular weight is 269 g/mol. The number of rotatable bonds is 7. The molecular formula is C13H21N2O4+. The highest BCUT2D eigenvalue weighted by atomic mass is 16.6. The van der Waals surface area contributed by atoms with Gasteiger partial charge in [0.25, 0.3) is 5.69 Å². The summed E-state index contributed by atoms with van der Waals surface area (Å²) in [6.07, 6.45) is 0. The topological polar surface area (TPSA) is 83.6 Å². The smallest absolute Gasteiger partial charge is 0.278 e. The quantitative estimate of drug-likeness (QED) is 0.441. The van der Waals surface area contributed by atoms with Gasteiger partial charge >= 0.3 is 0 Å². The number of hydrogen-bond donors (Lipinski definition) is 2. The Bertz CT molecular complexity index is 430. The number of likely N-dealkylation sites (N-methyl/N-ethyl adjacent to an activating group) is 1. The maximum Gasteiger partial charge on any atom is 0.278 e. The molecule has 1 aromatic carbocycles. The number of aliphatic hydroxyl groups excluding tert-OH is 2. The number of nitro benzene ring substituents is 1. The lowest BCUT2D eigenvalue weighted by atomic mass is 10.0. The molecule has 2 N–H and O–H groups in total. The second-order valence-electron chi connectivity index (χ2n) is 4.87. The first-order valence-electron chi connectivity index (χ1n) is 6.25. The molecule has 0 saturated carbocycles. The van der Waals surface area contributed by atoms with Crippen LogP contribution in [0.15, 0.2) is 24.3 Å². The number of para-hydroxylation sites is 1. The van der Waals surface area contributed by atoms with Gasteiger partial charge in [-0.25, -0.2) is 0 Å². The fourth-order valence-corrected chi connectivity index (χ4v) is 2.30. The minimum Gasteiger partial charge on any atom is -0.391 e. The third kappa shape index (κ3) is 3.50. The Labute approximate surface area is 112 Å². The third-order valence-electron chi connectivity index (χ3n) is 3.74. The third-order valence-corrected chi connectivity index (χ3v) is 3.74. The summed E-state index contributed by atoms with van der Waals surface area (Å²) in [5.74, 6) is 0. The van der Waals surface area contributed by atoms with E-state index in [2.05, 4.69) is 0 Å². The summed E-state index contributed by atoms with van der Waals surface area (Å²) in [6.45, 7) is 2.71. The van der Waals surface area contributed by atoms with Gasteiger partial charge in [0.1, 0.15) is 19.1 Å². The molecule has 1 atom stereocenters. The molecule has 0 heterocycles. The van der Waals surface area contributed by atoms with Gasteiger partial charge in [0, 0.05) is 6.07 Å². The fourth-order valence-electron chi connectivity index (χ4n) is 2.30. The van der Waals surface area contributed by atoms with Crippen molar-refractivity contribution < 1.29 is 19.6 Å². The lowest BCUT2D eigenvalue weighted by molar-refractivity contribution is -0.938. The minimum absolute atomic E-state index is 0.0263. The Morgan fingerprint density at radius 1 is 1.26 bits per heavy atom. The van der Waals surface area contributed by atoms with Crippen LogP contribution in [0.4, 0.5) is 5.69 Å². The molecule has 1 aromatic rings. The van der Waals surface area contributed by atoms with Gasteiger partial charge in [0.15, 0.2) is 0 Å². The van der Waals surface area contributed by atoms with Crippen LogP contribution in [0.2, 0.25) is 0 Å². The van der Waals surface area contributed by atoms with Crippen molar-refractivity contribution >= 4 is 5.69 Å². The predicted molar refractivity (Wildman–Crippen MR) is 71.6 cm³/mol. The van der Waals surface area contributed by atoms with E-state index in [9.17, 15) is 20.3 Å². The van der Waals surface area contributed by atoms with E-state index in [0.29, 0.717) is 23.1 Å². The van der Waals surface area contributed by atoms with E-state index in [1.165, 1.54) is 6.07 Å². The summed E-state index contributed by atoms with van der Waals surface area (Å²) in [7, 11) is 1.88. The molecule has 0 aliphatic carbocycles. The van der Waals surface area contributed by atoms with E-state index >= 15 is 0 Å². The van der Waals surface area contributed by atoms with Crippen molar-refractivity contribution in [2.75, 3.05) is 33.4 Å². The van der Waals surface area contributed by atoms with Gasteiger partial charge in [-0.05, 0) is 13.0 Å². The second-order valence-corrected chi connectivity index (χ2v) is 4.87. The van der Waals surface area contributed by atoms with Crippen molar-refractivity contribution in [2.24, 2.45) is 0 Å². The van der Waals surface area contributed by atoms with E-state index in [1.807, 2.05) is 14.0 Å². The van der Waals surface area contributed by atoms with E-state index in [1.54, 1.807) is 18.2 Å². The van der Waals surface area contributed by atoms with Crippen molar-refractivity contribution in [3.8, 4) is 0 Å². The zero-order chi connectivity index (χ0) is 14.5. The summed E-state index contributed by atoms with van der Waals surface area (Å²) >= 11 is 0. The molecule has 0 aromatic heterocycles. The van der Waals surface area contributed by atoms with Crippen molar-refractivity contribution in [3.05, 3.63) is 39.9 Å². The van der Waals surface area contributed by atoms with Crippen LogP contribution >= 0.6 is 0 Å². The molecule has 6 nitrogen and oxygen atoms in total. The van der Waals surface area contributed by atoms with Crippen LogP contribution in [0.5, 0.6) is 0 Å². The number of quaternary nitrogens is 1. The summed E-state index contributed by atoms with van der Waals surface area (Å²) in [5, 5.41) is 29.4. The molecule has 0 aliphatic rings. The molecule has 6 heteroatoms. The van der Waals surface area contributed by atoms with Crippen LogP contribution in [0.1, 0.15) is 18.5 Å². The van der Waals surface area contributed by atoms with E-state index in [-0.39, 0.29) is 24.9 Å². The maximum atomic E-state index is 11.1. The van der Waals surface area contributed by atoms with Gasteiger partial charge in [-0.15, -0.1) is 0 Å². The summed E-state index contributed by atoms with van der Waals surface area (Å²) < 4.78 is 0.359. The van der Waals surface area contributed by atoms with Crippen LogP contribution < -0.4 is 0 Å². The normalized spacial score (nSPS) is 13.3. The summed E-state index contributed by atoms with van der Waals surface area (Å²) in [6, 6.07) is 6.43. The van der Waals surface area contributed by atoms with Gasteiger partial charge in [-0.1, -0.05) is 12.1 Å². The van der Waals surface area contributed by atoms with Crippen molar-refractivity contribution in [2.45, 2.75) is 13.0 Å². The number of nitro groups is 1. The van der Waals surface area contributed by atoms with E-state index < -0.39 is 4.92 Å². The monoisotopic (exact) mass is 269 g/mol. The zero-order valence-electron chi connectivity index (χ0n) is 11.3. The highest BCUT2D eigenvalue weighted by Gasteiger charge is 2.33. The minimum atomic E-state index is -0.395. The SMILES string of the molecule is C[C@@H](c1ccccc1[N+](=O)[O-])[N+](C)(CCO)CCO. The van der Waals surface area contributed by atoms with Gasteiger partial charge in [0.05, 0.1) is 30.7 Å².